The molecule has 3 amide bonds. The van der Waals surface area contributed by atoms with Crippen molar-refractivity contribution in [1.29, 1.82) is 0 Å². The third kappa shape index (κ3) is 4.56. The molecule has 2 aliphatic rings. The summed E-state index contributed by atoms with van der Waals surface area (Å²) in [6.45, 7) is 2.87. The summed E-state index contributed by atoms with van der Waals surface area (Å²) in [5, 5.41) is 3.05. The van der Waals surface area contributed by atoms with Gasteiger partial charge in [-0.15, -0.1) is 0 Å². The van der Waals surface area contributed by atoms with Crippen LogP contribution in [0.3, 0.4) is 0 Å². The Hall–Kier alpha value is -1.89. The molecule has 2 saturated heterocycles. The number of likely N-dealkylation sites (tertiary alicyclic amines) is 1. The highest BCUT2D eigenvalue weighted by Gasteiger charge is 2.29. The van der Waals surface area contributed by atoms with Gasteiger partial charge in [0.05, 0.1) is 0 Å². The van der Waals surface area contributed by atoms with Crippen molar-refractivity contribution in [2.45, 2.75) is 12.5 Å². The van der Waals surface area contributed by atoms with Crippen molar-refractivity contribution in [2.24, 2.45) is 0 Å². The zero-order valence-corrected chi connectivity index (χ0v) is 14.5. The van der Waals surface area contributed by atoms with Crippen LogP contribution in [-0.4, -0.2) is 72.1 Å². The number of amides is 3. The monoisotopic (exact) mass is 349 g/mol. The van der Waals surface area contributed by atoms with Gasteiger partial charge in [0.1, 0.15) is 5.75 Å². The molecule has 1 N–H and O–H groups in total. The second kappa shape index (κ2) is 8.28. The SMILES string of the molecule is O=C(COc1ccccc1)N1CC[C@@H](NC(=O)N2CCSCC2)C1. The van der Waals surface area contributed by atoms with Gasteiger partial charge in [-0.25, -0.2) is 4.79 Å². The van der Waals surface area contributed by atoms with E-state index in [-0.39, 0.29) is 24.6 Å². The molecule has 1 aromatic rings. The molecule has 2 heterocycles. The number of rotatable bonds is 4. The standard InChI is InChI=1S/C17H23N3O3S/c21-16(13-23-15-4-2-1-3-5-15)20-7-6-14(12-20)18-17(22)19-8-10-24-11-9-19/h1-5,14H,6-13H2,(H,18,22)/t14-/m1/s1. The number of hydrogen-bond donors (Lipinski definition) is 1. The summed E-state index contributed by atoms with van der Waals surface area (Å²) in [7, 11) is 0. The molecule has 130 valence electrons. The van der Waals surface area contributed by atoms with E-state index in [1.54, 1.807) is 4.90 Å². The Kier molecular flexibility index (Phi) is 5.85. The van der Waals surface area contributed by atoms with E-state index in [0.29, 0.717) is 18.8 Å². The fraction of sp³-hybridized carbons (Fsp3) is 0.529. The van der Waals surface area contributed by atoms with Gasteiger partial charge >= 0.3 is 6.03 Å². The molecule has 0 saturated carbocycles. The van der Waals surface area contributed by atoms with Crippen LogP contribution in [0.1, 0.15) is 6.42 Å². The summed E-state index contributed by atoms with van der Waals surface area (Å²) in [5.41, 5.74) is 0. The minimum absolute atomic E-state index is 0.00451. The van der Waals surface area contributed by atoms with Gasteiger partial charge in [-0.2, -0.15) is 11.8 Å². The highest BCUT2D eigenvalue weighted by molar-refractivity contribution is 7.99. The molecule has 1 aromatic carbocycles. The van der Waals surface area contributed by atoms with Crippen LogP contribution in [0.2, 0.25) is 0 Å². The van der Waals surface area contributed by atoms with Crippen LogP contribution < -0.4 is 10.1 Å². The molecule has 0 spiro atoms. The molecule has 0 aromatic heterocycles. The fourth-order valence-electron chi connectivity index (χ4n) is 2.89. The zero-order chi connectivity index (χ0) is 16.8. The zero-order valence-electron chi connectivity index (χ0n) is 13.6. The Morgan fingerprint density at radius 1 is 1.12 bits per heavy atom. The van der Waals surface area contributed by atoms with E-state index in [4.69, 9.17) is 4.74 Å². The molecule has 0 unspecified atom stereocenters. The number of carbonyl (C=O) groups is 2. The van der Waals surface area contributed by atoms with Gasteiger partial charge in [0.2, 0.25) is 0 Å². The van der Waals surface area contributed by atoms with Crippen LogP contribution in [-0.2, 0) is 4.79 Å². The summed E-state index contributed by atoms with van der Waals surface area (Å²) in [4.78, 5) is 28.1. The second-order valence-corrected chi connectivity index (χ2v) is 7.20. The topological polar surface area (TPSA) is 61.9 Å². The van der Waals surface area contributed by atoms with Crippen LogP contribution in [0.4, 0.5) is 4.79 Å². The number of thioether (sulfide) groups is 1. The van der Waals surface area contributed by atoms with Crippen molar-refractivity contribution < 1.29 is 14.3 Å². The molecule has 24 heavy (non-hydrogen) atoms. The Morgan fingerprint density at radius 2 is 1.88 bits per heavy atom. The van der Waals surface area contributed by atoms with E-state index >= 15 is 0 Å². The number of ether oxygens (including phenoxy) is 1. The Morgan fingerprint density at radius 3 is 2.62 bits per heavy atom. The summed E-state index contributed by atoms with van der Waals surface area (Å²) in [6, 6.07) is 9.35. The second-order valence-electron chi connectivity index (χ2n) is 5.98. The minimum atomic E-state index is -0.0371. The van der Waals surface area contributed by atoms with Crippen molar-refractivity contribution in [3.63, 3.8) is 0 Å². The molecule has 0 aliphatic carbocycles. The predicted molar refractivity (Wildman–Crippen MR) is 94.4 cm³/mol. The summed E-state index contributed by atoms with van der Waals surface area (Å²) < 4.78 is 5.50. The van der Waals surface area contributed by atoms with Crippen molar-refractivity contribution >= 4 is 23.7 Å². The molecular weight excluding hydrogens is 326 g/mol. The Balaban J connectivity index is 1.41. The lowest BCUT2D eigenvalue weighted by molar-refractivity contribution is -0.132. The Bertz CT molecular complexity index is 563. The first-order valence-corrected chi connectivity index (χ1v) is 9.46. The Labute approximate surface area is 146 Å². The third-order valence-electron chi connectivity index (χ3n) is 4.27. The van der Waals surface area contributed by atoms with E-state index in [2.05, 4.69) is 5.32 Å². The summed E-state index contributed by atoms with van der Waals surface area (Å²) >= 11 is 1.88. The van der Waals surface area contributed by atoms with Crippen molar-refractivity contribution in [1.82, 2.24) is 15.1 Å². The van der Waals surface area contributed by atoms with Crippen LogP contribution >= 0.6 is 11.8 Å². The smallest absolute Gasteiger partial charge is 0.317 e. The van der Waals surface area contributed by atoms with Crippen LogP contribution in [0.25, 0.3) is 0 Å². The highest BCUT2D eigenvalue weighted by Crippen LogP contribution is 2.14. The van der Waals surface area contributed by atoms with Gasteiger partial charge < -0.3 is 19.9 Å². The maximum atomic E-state index is 12.2. The fourth-order valence-corrected chi connectivity index (χ4v) is 3.79. The quantitative estimate of drug-likeness (QED) is 0.893. The first-order chi connectivity index (χ1) is 11.7. The molecule has 1 atom stereocenters. The molecule has 2 aliphatic heterocycles. The van der Waals surface area contributed by atoms with Crippen LogP contribution in [0.15, 0.2) is 30.3 Å². The van der Waals surface area contributed by atoms with E-state index in [1.807, 2.05) is 47.0 Å². The number of hydrogen-bond acceptors (Lipinski definition) is 4. The third-order valence-corrected chi connectivity index (χ3v) is 5.21. The van der Waals surface area contributed by atoms with Crippen LogP contribution in [0.5, 0.6) is 5.75 Å². The van der Waals surface area contributed by atoms with E-state index in [1.165, 1.54) is 0 Å². The molecule has 0 bridgehead atoms. The largest absolute Gasteiger partial charge is 0.484 e. The normalized spacial score (nSPS) is 20.8. The molecule has 2 fully saturated rings. The van der Waals surface area contributed by atoms with Gasteiger partial charge in [-0.3, -0.25) is 4.79 Å². The number of carbonyl (C=O) groups excluding carboxylic acids is 2. The molecule has 0 radical (unpaired) electrons. The lowest BCUT2D eigenvalue weighted by Gasteiger charge is -2.28. The summed E-state index contributed by atoms with van der Waals surface area (Å²) in [5.74, 6) is 2.65. The number of benzene rings is 1. The van der Waals surface area contributed by atoms with E-state index in [9.17, 15) is 9.59 Å². The number of nitrogens with one attached hydrogen (secondary N) is 1. The lowest BCUT2D eigenvalue weighted by atomic mass is 10.3. The van der Waals surface area contributed by atoms with Gasteiger partial charge in [0, 0.05) is 43.7 Å². The number of urea groups is 1. The number of para-hydroxylation sites is 1. The van der Waals surface area contributed by atoms with Crippen molar-refractivity contribution in [3.05, 3.63) is 30.3 Å². The number of nitrogens with zero attached hydrogens (tertiary/aromatic N) is 2. The maximum Gasteiger partial charge on any atom is 0.317 e. The van der Waals surface area contributed by atoms with Gasteiger partial charge in [-0.1, -0.05) is 18.2 Å². The van der Waals surface area contributed by atoms with Gasteiger partial charge in [0.25, 0.3) is 5.91 Å². The molecule has 6 nitrogen and oxygen atoms in total. The molecule has 3 rings (SSSR count). The lowest BCUT2D eigenvalue weighted by Crippen LogP contribution is -2.48. The molecule has 7 heteroatoms. The average Bonchev–Trinajstić information content (AvgIpc) is 3.10. The maximum absolute atomic E-state index is 12.2. The van der Waals surface area contributed by atoms with Crippen molar-refractivity contribution in [2.75, 3.05) is 44.3 Å². The van der Waals surface area contributed by atoms with E-state index in [0.717, 1.165) is 31.0 Å². The predicted octanol–water partition coefficient (Wildman–Crippen LogP) is 1.42. The minimum Gasteiger partial charge on any atom is -0.484 e. The average molecular weight is 349 g/mol. The highest BCUT2D eigenvalue weighted by atomic mass is 32.2. The van der Waals surface area contributed by atoms with Crippen molar-refractivity contribution in [3.8, 4) is 5.75 Å². The van der Waals surface area contributed by atoms with Crippen LogP contribution in [0, 0.1) is 0 Å². The van der Waals surface area contributed by atoms with E-state index < -0.39 is 0 Å². The first kappa shape index (κ1) is 17.0. The summed E-state index contributed by atoms with van der Waals surface area (Å²) in [6.07, 6.45) is 0.797. The van der Waals surface area contributed by atoms with Gasteiger partial charge in [0.15, 0.2) is 6.61 Å². The van der Waals surface area contributed by atoms with Gasteiger partial charge in [-0.05, 0) is 18.6 Å². The first-order valence-electron chi connectivity index (χ1n) is 8.31. The molecular formula is C17H23N3O3S.